The minimum Gasteiger partial charge on any atom is -0.756 e. The van der Waals surface area contributed by atoms with Gasteiger partial charge in [0.1, 0.15) is 18.9 Å². The van der Waals surface area contributed by atoms with Crippen molar-refractivity contribution >= 4 is 53.1 Å². The van der Waals surface area contributed by atoms with Crippen LogP contribution in [-0.4, -0.2) is 22.0 Å². The van der Waals surface area contributed by atoms with Crippen LogP contribution in [-0.2, 0) is 22.5 Å². The third kappa shape index (κ3) is 9.03. The fraction of sp³-hybridized carbons (Fsp3) is 0.0833. The predicted molar refractivity (Wildman–Crippen MR) is 181 cm³/mol. The van der Waals surface area contributed by atoms with Crippen molar-refractivity contribution in [3.63, 3.8) is 0 Å². The number of pyridine rings is 1. The molecule has 0 saturated heterocycles. The van der Waals surface area contributed by atoms with Crippen LogP contribution in [0.1, 0.15) is 12.5 Å². The van der Waals surface area contributed by atoms with Gasteiger partial charge in [0.25, 0.3) is 7.82 Å². The number of anilines is 2. The highest BCUT2D eigenvalue weighted by Crippen LogP contribution is 2.34. The van der Waals surface area contributed by atoms with Crippen molar-refractivity contribution in [2.75, 3.05) is 10.6 Å². The zero-order chi connectivity index (χ0) is 34.1. The Morgan fingerprint density at radius 2 is 1.27 bits per heavy atom. The first-order valence-electron chi connectivity index (χ1n) is 14.9. The molecule has 0 aliphatic heterocycles. The minimum absolute atomic E-state index is 0.188. The number of amides is 2. The van der Waals surface area contributed by atoms with Gasteiger partial charge in [0.05, 0.1) is 16.5 Å². The van der Waals surface area contributed by atoms with E-state index >= 15 is 0 Å². The van der Waals surface area contributed by atoms with Gasteiger partial charge < -0.3 is 24.2 Å². The van der Waals surface area contributed by atoms with Crippen molar-refractivity contribution < 1.29 is 42.9 Å². The predicted octanol–water partition coefficient (Wildman–Crippen LogP) is 6.77. The lowest BCUT2D eigenvalue weighted by molar-refractivity contribution is -0.655. The zero-order valence-corrected chi connectivity index (χ0v) is 26.7. The van der Waals surface area contributed by atoms with E-state index in [1.165, 1.54) is 0 Å². The van der Waals surface area contributed by atoms with Crippen LogP contribution in [0.25, 0.3) is 32.9 Å². The Kier molecular flexibility index (Phi) is 10.8. The van der Waals surface area contributed by atoms with Crippen molar-refractivity contribution in [1.29, 1.82) is 0 Å². The number of rotatable bonds is 7. The van der Waals surface area contributed by atoms with E-state index in [0.29, 0.717) is 23.7 Å². The van der Waals surface area contributed by atoms with Crippen LogP contribution < -0.4 is 24.8 Å². The normalized spacial score (nSPS) is 10.9. The summed E-state index contributed by atoms with van der Waals surface area (Å²) in [7, 11) is -4.89. The number of nitrogens with zero attached hydrogens (tertiary/aromatic N) is 1. The Morgan fingerprint density at radius 3 is 1.90 bits per heavy atom. The standard InChI is InChI=1S/C36H29N3O4.H3O4P/c1-2-39-33-23-28(37-35(40)42-24-25-12-6-3-7-13-25)19-21-31(33)30-20-18-27(38-36(41)43-29-16-10-5-11-17-29)22-32(30)34(39)26-14-8-4-9-15-26;1-5(2,3)4/h3-23H,2,24H2,1H3,(H,38,41);(H3,1,2,3,4). The first kappa shape index (κ1) is 33.8. The summed E-state index contributed by atoms with van der Waals surface area (Å²) in [6, 6.07) is 40.3. The lowest BCUT2D eigenvalue weighted by atomic mass is 9.98. The summed E-state index contributed by atoms with van der Waals surface area (Å²) in [6.45, 7) is 2.95. The van der Waals surface area contributed by atoms with Crippen LogP contribution >= 0.6 is 7.82 Å². The number of carbonyl (C=O) groups is 2. The monoisotopic (exact) mass is 665 g/mol. The molecule has 5 aromatic carbocycles. The van der Waals surface area contributed by atoms with Crippen LogP contribution in [0.4, 0.5) is 21.0 Å². The number of aromatic nitrogens is 1. The molecule has 0 atom stereocenters. The Morgan fingerprint density at radius 1 is 0.729 bits per heavy atom. The van der Waals surface area contributed by atoms with Crippen LogP contribution in [0.3, 0.4) is 0 Å². The van der Waals surface area contributed by atoms with Crippen molar-refractivity contribution in [1.82, 2.24) is 0 Å². The summed E-state index contributed by atoms with van der Waals surface area (Å²) in [4.78, 5) is 48.2. The van der Waals surface area contributed by atoms with Gasteiger partial charge in [-0.3, -0.25) is 15.2 Å². The molecule has 11 nitrogen and oxygen atoms in total. The van der Waals surface area contributed by atoms with Crippen molar-refractivity contribution in [3.05, 3.63) is 133 Å². The van der Waals surface area contributed by atoms with Gasteiger partial charge in [-0.15, -0.1) is 0 Å². The number of hydrogen-bond donors (Lipinski definition) is 4. The third-order valence-corrected chi connectivity index (χ3v) is 7.15. The Labute approximate surface area is 276 Å². The highest BCUT2D eigenvalue weighted by atomic mass is 31.2. The quantitative estimate of drug-likeness (QED) is 0.0826. The number of hydrogen-bond acceptors (Lipinski definition) is 6. The van der Waals surface area contributed by atoms with Crippen LogP contribution in [0.2, 0.25) is 0 Å². The molecule has 4 N–H and O–H groups in total. The minimum atomic E-state index is -4.89. The van der Waals surface area contributed by atoms with Gasteiger partial charge in [0, 0.05) is 22.7 Å². The van der Waals surface area contributed by atoms with Gasteiger partial charge in [0.15, 0.2) is 0 Å². The van der Waals surface area contributed by atoms with Crippen molar-refractivity contribution in [3.8, 4) is 17.0 Å². The second kappa shape index (κ2) is 15.3. The van der Waals surface area contributed by atoms with E-state index in [9.17, 15) is 9.59 Å². The van der Waals surface area contributed by atoms with E-state index in [1.54, 1.807) is 12.1 Å². The average Bonchev–Trinajstić information content (AvgIpc) is 3.07. The highest BCUT2D eigenvalue weighted by Gasteiger charge is 2.23. The van der Waals surface area contributed by atoms with E-state index < -0.39 is 20.0 Å². The summed E-state index contributed by atoms with van der Waals surface area (Å²) in [5, 5.41) is 8.75. The number of phosphoric acid groups is 1. The molecule has 0 bridgehead atoms. The molecule has 6 rings (SSSR count). The summed E-state index contributed by atoms with van der Waals surface area (Å²) < 4.78 is 21.9. The molecule has 0 radical (unpaired) electrons. The second-order valence-electron chi connectivity index (χ2n) is 10.5. The van der Waals surface area contributed by atoms with E-state index in [-0.39, 0.29) is 6.61 Å². The maximum absolute atomic E-state index is 12.7. The van der Waals surface area contributed by atoms with Crippen LogP contribution in [0.15, 0.2) is 127 Å². The van der Waals surface area contributed by atoms with Crippen LogP contribution in [0.5, 0.6) is 5.75 Å². The lowest BCUT2D eigenvalue weighted by Crippen LogP contribution is -2.36. The maximum Gasteiger partial charge on any atom is 0.417 e. The average molecular weight is 666 g/mol. The summed E-state index contributed by atoms with van der Waals surface area (Å²) in [6.07, 6.45) is -1.08. The summed E-state index contributed by atoms with van der Waals surface area (Å²) in [5.74, 6) is 0.467. The molecule has 244 valence electrons. The van der Waals surface area contributed by atoms with Gasteiger partial charge >= 0.3 is 12.2 Å². The molecule has 48 heavy (non-hydrogen) atoms. The molecule has 12 heteroatoms. The number of nitrogens with one attached hydrogen (secondary N) is 2. The number of benzene rings is 5. The van der Waals surface area contributed by atoms with E-state index in [0.717, 1.165) is 38.5 Å². The van der Waals surface area contributed by atoms with Crippen LogP contribution in [0, 0.1) is 0 Å². The summed E-state index contributed by atoms with van der Waals surface area (Å²) >= 11 is 0. The molecule has 2 amide bonds. The van der Waals surface area contributed by atoms with E-state index in [4.69, 9.17) is 28.7 Å². The Hall–Kier alpha value is -5.58. The first-order chi connectivity index (χ1) is 23.1. The van der Waals surface area contributed by atoms with Gasteiger partial charge in [0.2, 0.25) is 11.2 Å². The molecular formula is C36H32N3O8P. The SMILES string of the molecule is CC[n+]1c(-c2ccccc2)c2cc(NC(=O)Oc3ccccc3)ccc2c2ccc(NC(=O)OCc3ccccc3)cc21.O=P([O-])(O)O. The van der Waals surface area contributed by atoms with E-state index in [2.05, 4.69) is 34.3 Å². The maximum atomic E-state index is 12.7. The Bertz CT molecular complexity index is 2080. The largest absolute Gasteiger partial charge is 0.756 e. The smallest absolute Gasteiger partial charge is 0.417 e. The lowest BCUT2D eigenvalue weighted by Gasteiger charge is -2.14. The fourth-order valence-corrected chi connectivity index (χ4v) is 5.23. The molecule has 6 aromatic rings. The van der Waals surface area contributed by atoms with Gasteiger partial charge in [-0.25, -0.2) is 9.59 Å². The van der Waals surface area contributed by atoms with Gasteiger partial charge in [-0.1, -0.05) is 72.8 Å². The topological polar surface area (TPSA) is 161 Å². The van der Waals surface area contributed by atoms with Gasteiger partial charge in [-0.05, 0) is 61.0 Å². The molecule has 0 saturated carbocycles. The highest BCUT2D eigenvalue weighted by molar-refractivity contribution is 7.43. The van der Waals surface area contributed by atoms with Gasteiger partial charge in [-0.2, -0.15) is 4.57 Å². The number of para-hydroxylation sites is 1. The second-order valence-corrected chi connectivity index (χ2v) is 11.4. The third-order valence-electron chi connectivity index (χ3n) is 7.15. The number of fused-ring (bicyclic) bond motifs is 3. The van der Waals surface area contributed by atoms with Crippen molar-refractivity contribution in [2.45, 2.75) is 20.1 Å². The van der Waals surface area contributed by atoms with Crippen molar-refractivity contribution in [2.24, 2.45) is 0 Å². The molecule has 1 aromatic heterocycles. The molecular weight excluding hydrogens is 633 g/mol. The fourth-order valence-electron chi connectivity index (χ4n) is 5.23. The molecule has 0 aliphatic carbocycles. The molecule has 1 heterocycles. The van der Waals surface area contributed by atoms with E-state index in [1.807, 2.05) is 103 Å². The number of aryl methyl sites for hydroxylation is 1. The summed E-state index contributed by atoms with van der Waals surface area (Å²) in [5.41, 5.74) is 5.15. The zero-order valence-electron chi connectivity index (χ0n) is 25.8. The first-order valence-corrected chi connectivity index (χ1v) is 16.4. The molecule has 0 unspecified atom stereocenters. The Balaban J connectivity index is 0.000000840. The molecule has 0 spiro atoms. The molecule has 0 fully saturated rings. The number of carbonyl (C=O) groups excluding carboxylic acids is 2. The molecule has 0 aliphatic rings. The number of ether oxygens (including phenoxy) is 2.